The minimum atomic E-state index is -5.36. The molecule has 1 heterocycles. The number of ether oxygens (including phenoxy) is 1. The molecule has 1 saturated heterocycles. The number of hydrogen-bond donors (Lipinski definition) is 7. The Morgan fingerprint density at radius 1 is 1.00 bits per heavy atom. The molecule has 20 heavy (non-hydrogen) atoms. The van der Waals surface area contributed by atoms with Crippen molar-refractivity contribution in [2.75, 3.05) is 6.61 Å². The molecule has 0 saturated carbocycles. The van der Waals surface area contributed by atoms with E-state index in [-0.39, 0.29) is 0 Å². The zero-order valence-electron chi connectivity index (χ0n) is 9.66. The molecule has 0 aromatic rings. The summed E-state index contributed by atoms with van der Waals surface area (Å²) in [6, 6.07) is 0. The standard InChI is InChI=1S/C6H14O12P2/c7-1-2-3(8)4(9)5(10)6(16-2)17-20(14,15)18-19(11,12)13/h2-10H,1H2,(H,14,15)(H2,11,12,13)/t2-,3-,4+,5-,6+/m1/s1. The normalized spacial score (nSPS) is 38.5. The van der Waals surface area contributed by atoms with Crippen LogP contribution < -0.4 is 0 Å². The second-order valence-electron chi connectivity index (χ2n) is 3.84. The van der Waals surface area contributed by atoms with Crippen LogP contribution in [-0.4, -0.2) is 72.4 Å². The summed E-state index contributed by atoms with van der Waals surface area (Å²) in [5, 5.41) is 37.1. The fourth-order valence-corrected chi connectivity index (χ4v) is 3.11. The minimum absolute atomic E-state index is 0.820. The number of rotatable bonds is 5. The van der Waals surface area contributed by atoms with Gasteiger partial charge in [0.25, 0.3) is 0 Å². The molecule has 7 N–H and O–H groups in total. The van der Waals surface area contributed by atoms with Gasteiger partial charge in [-0.2, -0.15) is 4.31 Å². The number of hydrogen-bond acceptors (Lipinski definition) is 9. The Morgan fingerprint density at radius 2 is 1.55 bits per heavy atom. The average Bonchev–Trinajstić information content (AvgIpc) is 2.26. The zero-order valence-corrected chi connectivity index (χ0v) is 11.4. The molecular weight excluding hydrogens is 326 g/mol. The average molecular weight is 340 g/mol. The first-order valence-electron chi connectivity index (χ1n) is 5.05. The maximum atomic E-state index is 11.2. The van der Waals surface area contributed by atoms with E-state index in [9.17, 15) is 24.4 Å². The second-order valence-corrected chi connectivity index (χ2v) is 6.63. The van der Waals surface area contributed by atoms with Crippen LogP contribution in [0.15, 0.2) is 0 Å². The van der Waals surface area contributed by atoms with E-state index in [4.69, 9.17) is 19.8 Å². The van der Waals surface area contributed by atoms with Crippen LogP contribution in [0.25, 0.3) is 0 Å². The molecule has 0 aromatic carbocycles. The van der Waals surface area contributed by atoms with E-state index in [1.807, 2.05) is 0 Å². The van der Waals surface area contributed by atoms with Crippen molar-refractivity contribution in [1.82, 2.24) is 0 Å². The smallest absolute Gasteiger partial charge is 0.394 e. The number of phosphoric ester groups is 1. The van der Waals surface area contributed by atoms with Crippen molar-refractivity contribution >= 4 is 15.6 Å². The molecule has 0 spiro atoms. The fourth-order valence-electron chi connectivity index (χ4n) is 1.44. The Bertz CT molecular complexity index is 418. The predicted octanol–water partition coefficient (Wildman–Crippen LogP) is -2.99. The van der Waals surface area contributed by atoms with Gasteiger partial charge in [0.2, 0.25) is 0 Å². The van der Waals surface area contributed by atoms with Gasteiger partial charge in [0.1, 0.15) is 24.4 Å². The van der Waals surface area contributed by atoms with Gasteiger partial charge in [-0.25, -0.2) is 9.13 Å². The molecule has 0 aliphatic carbocycles. The first kappa shape index (κ1) is 18.1. The Kier molecular flexibility index (Phi) is 5.83. The van der Waals surface area contributed by atoms with Crippen molar-refractivity contribution < 1.29 is 57.8 Å². The van der Waals surface area contributed by atoms with E-state index in [1.54, 1.807) is 0 Å². The summed E-state index contributed by atoms with van der Waals surface area (Å²) in [5.41, 5.74) is 0. The van der Waals surface area contributed by atoms with Crippen molar-refractivity contribution in [2.24, 2.45) is 0 Å². The maximum Gasteiger partial charge on any atom is 0.483 e. The van der Waals surface area contributed by atoms with Crippen LogP contribution in [0.1, 0.15) is 0 Å². The van der Waals surface area contributed by atoms with E-state index >= 15 is 0 Å². The van der Waals surface area contributed by atoms with E-state index in [0.29, 0.717) is 0 Å². The summed E-state index contributed by atoms with van der Waals surface area (Å²) in [6.07, 6.45) is -9.12. The minimum Gasteiger partial charge on any atom is -0.394 e. The van der Waals surface area contributed by atoms with Crippen molar-refractivity contribution in [2.45, 2.75) is 30.7 Å². The summed E-state index contributed by atoms with van der Waals surface area (Å²) in [5.74, 6) is 0. The van der Waals surface area contributed by atoms with Crippen LogP contribution in [0.5, 0.6) is 0 Å². The Hall–Kier alpha value is 0.0600. The van der Waals surface area contributed by atoms with Gasteiger partial charge in [-0.05, 0) is 0 Å². The highest BCUT2D eigenvalue weighted by atomic mass is 31.3. The lowest BCUT2D eigenvalue weighted by Crippen LogP contribution is -2.58. The van der Waals surface area contributed by atoms with Crippen molar-refractivity contribution in [3.8, 4) is 0 Å². The lowest BCUT2D eigenvalue weighted by atomic mass is 10.00. The SMILES string of the molecule is O=P(O)(O)OP(=O)(O)O[C@@H]1O[C@H](CO)[C@@H](O)[C@H](O)[C@H]1O. The molecule has 12 nitrogen and oxygen atoms in total. The largest absolute Gasteiger partial charge is 0.483 e. The van der Waals surface area contributed by atoms with Gasteiger partial charge >= 0.3 is 15.6 Å². The highest BCUT2D eigenvalue weighted by Gasteiger charge is 2.47. The van der Waals surface area contributed by atoms with E-state index in [0.717, 1.165) is 0 Å². The quantitative estimate of drug-likeness (QED) is 0.250. The third-order valence-electron chi connectivity index (χ3n) is 2.30. The summed E-state index contributed by atoms with van der Waals surface area (Å²) in [6.45, 7) is -0.820. The van der Waals surface area contributed by atoms with Gasteiger partial charge in [0.05, 0.1) is 6.61 Å². The summed E-state index contributed by atoms with van der Waals surface area (Å²) < 4.78 is 34.0. The maximum absolute atomic E-state index is 11.2. The highest BCUT2D eigenvalue weighted by Crippen LogP contribution is 2.58. The van der Waals surface area contributed by atoms with Crippen LogP contribution in [0.2, 0.25) is 0 Å². The molecule has 0 bridgehead atoms. The molecule has 0 amide bonds. The second kappa shape index (κ2) is 6.44. The lowest BCUT2D eigenvalue weighted by molar-refractivity contribution is -0.280. The Balaban J connectivity index is 2.80. The molecule has 1 aliphatic heterocycles. The molecule has 0 aromatic heterocycles. The molecule has 0 radical (unpaired) electrons. The molecule has 1 unspecified atom stereocenters. The molecule has 1 rings (SSSR count). The third-order valence-corrected chi connectivity index (χ3v) is 4.45. The predicted molar refractivity (Wildman–Crippen MR) is 57.8 cm³/mol. The lowest BCUT2D eigenvalue weighted by Gasteiger charge is -2.39. The van der Waals surface area contributed by atoms with Gasteiger partial charge in [-0.1, -0.05) is 0 Å². The van der Waals surface area contributed by atoms with Crippen LogP contribution in [0, 0.1) is 0 Å². The number of aliphatic hydroxyl groups excluding tert-OH is 4. The fraction of sp³-hybridized carbons (Fsp3) is 1.00. The first-order valence-corrected chi connectivity index (χ1v) is 8.08. The molecule has 1 aliphatic rings. The van der Waals surface area contributed by atoms with Gasteiger partial charge in [-0.15, -0.1) is 0 Å². The van der Waals surface area contributed by atoms with Gasteiger partial charge in [0.15, 0.2) is 6.29 Å². The Labute approximate surface area is 112 Å². The number of phosphoric acid groups is 2. The molecule has 6 atom stereocenters. The van der Waals surface area contributed by atoms with Gasteiger partial charge in [-0.3, -0.25) is 4.52 Å². The van der Waals surface area contributed by atoms with Crippen molar-refractivity contribution in [3.05, 3.63) is 0 Å². The molecular formula is C6H14O12P2. The Morgan fingerprint density at radius 3 is 2.00 bits per heavy atom. The summed E-state index contributed by atoms with van der Waals surface area (Å²) in [4.78, 5) is 25.8. The van der Waals surface area contributed by atoms with E-state index in [2.05, 4.69) is 13.6 Å². The highest BCUT2D eigenvalue weighted by molar-refractivity contribution is 7.60. The van der Waals surface area contributed by atoms with E-state index < -0.39 is 53.0 Å². The third kappa shape index (κ3) is 4.81. The summed E-state index contributed by atoms with van der Waals surface area (Å²) in [7, 11) is -10.7. The van der Waals surface area contributed by atoms with Crippen LogP contribution in [0.3, 0.4) is 0 Å². The van der Waals surface area contributed by atoms with E-state index in [1.165, 1.54) is 0 Å². The van der Waals surface area contributed by atoms with Crippen LogP contribution in [0.4, 0.5) is 0 Å². The first-order chi connectivity index (χ1) is 8.97. The topological polar surface area (TPSA) is 203 Å². The molecule has 1 fully saturated rings. The van der Waals surface area contributed by atoms with Crippen LogP contribution in [-0.2, 0) is 22.7 Å². The molecule has 120 valence electrons. The van der Waals surface area contributed by atoms with Gasteiger partial charge < -0.3 is 39.8 Å². The summed E-state index contributed by atoms with van der Waals surface area (Å²) >= 11 is 0. The number of aliphatic hydroxyl groups is 4. The zero-order chi connectivity index (χ0) is 15.7. The van der Waals surface area contributed by atoms with Crippen molar-refractivity contribution in [1.29, 1.82) is 0 Å². The van der Waals surface area contributed by atoms with Gasteiger partial charge in [0, 0.05) is 0 Å². The monoisotopic (exact) mass is 340 g/mol. The van der Waals surface area contributed by atoms with Crippen molar-refractivity contribution in [3.63, 3.8) is 0 Å². The van der Waals surface area contributed by atoms with Crippen LogP contribution >= 0.6 is 15.6 Å². The molecule has 14 heteroatoms.